The van der Waals surface area contributed by atoms with Gasteiger partial charge in [0.2, 0.25) is 5.89 Å². The van der Waals surface area contributed by atoms with Crippen LogP contribution in [0.5, 0.6) is 0 Å². The topological polar surface area (TPSA) is 94.3 Å². The summed E-state index contributed by atoms with van der Waals surface area (Å²) >= 11 is 1.46. The number of thioether (sulfide) groups is 1. The van der Waals surface area contributed by atoms with Gasteiger partial charge in [-0.25, -0.2) is 4.79 Å². The van der Waals surface area contributed by atoms with Gasteiger partial charge in [0.25, 0.3) is 5.91 Å². The molecule has 7 nitrogen and oxygen atoms in total. The minimum absolute atomic E-state index is 0.213. The zero-order valence-corrected chi connectivity index (χ0v) is 17.4. The Hall–Kier alpha value is -3.39. The normalized spacial score (nSPS) is 10.9. The molecule has 0 unspecified atom stereocenters. The average molecular weight is 423 g/mol. The van der Waals surface area contributed by atoms with Gasteiger partial charge in [-0.1, -0.05) is 29.4 Å². The predicted octanol–water partition coefficient (Wildman–Crippen LogP) is 4.50. The SMILES string of the molecule is CCOC(=O)/C=C/c1ccc(NC(=O)c2ccccc2SCc2nc(C)no2)cc1. The van der Waals surface area contributed by atoms with E-state index in [1.807, 2.05) is 30.3 Å². The van der Waals surface area contributed by atoms with Gasteiger partial charge in [0.15, 0.2) is 5.82 Å². The number of aromatic nitrogens is 2. The molecule has 3 aromatic rings. The van der Waals surface area contributed by atoms with Crippen LogP contribution < -0.4 is 5.32 Å². The first kappa shape index (κ1) is 21.3. The van der Waals surface area contributed by atoms with Crippen molar-refractivity contribution in [3.05, 3.63) is 77.4 Å². The van der Waals surface area contributed by atoms with Crippen molar-refractivity contribution in [2.45, 2.75) is 24.5 Å². The number of hydrogen-bond donors (Lipinski definition) is 1. The first-order chi connectivity index (χ1) is 14.5. The Kier molecular flexibility index (Phi) is 7.40. The second-order valence-corrected chi connectivity index (χ2v) is 7.20. The van der Waals surface area contributed by atoms with Crippen molar-refractivity contribution in [1.29, 1.82) is 0 Å². The molecule has 0 fully saturated rings. The third-order valence-corrected chi connectivity index (χ3v) is 4.98. The Morgan fingerprint density at radius 1 is 1.17 bits per heavy atom. The second kappa shape index (κ2) is 10.4. The summed E-state index contributed by atoms with van der Waals surface area (Å²) in [6.45, 7) is 3.85. The Labute approximate surface area is 178 Å². The molecule has 0 bridgehead atoms. The lowest BCUT2D eigenvalue weighted by Crippen LogP contribution is -2.12. The fourth-order valence-corrected chi connectivity index (χ4v) is 3.44. The molecule has 1 amide bonds. The van der Waals surface area contributed by atoms with Gasteiger partial charge in [0, 0.05) is 16.7 Å². The molecule has 30 heavy (non-hydrogen) atoms. The molecule has 8 heteroatoms. The number of amides is 1. The van der Waals surface area contributed by atoms with Crippen LogP contribution in [0.25, 0.3) is 6.08 Å². The van der Waals surface area contributed by atoms with Crippen LogP contribution in [0.3, 0.4) is 0 Å². The predicted molar refractivity (Wildman–Crippen MR) is 115 cm³/mol. The summed E-state index contributed by atoms with van der Waals surface area (Å²) < 4.78 is 9.98. The van der Waals surface area contributed by atoms with Gasteiger partial charge < -0.3 is 14.6 Å². The number of aryl methyl sites for hydroxylation is 1. The number of hydrogen-bond acceptors (Lipinski definition) is 7. The maximum absolute atomic E-state index is 12.8. The van der Waals surface area contributed by atoms with Crippen LogP contribution in [0.15, 0.2) is 64.0 Å². The van der Waals surface area contributed by atoms with Gasteiger partial charge in [0.05, 0.1) is 17.9 Å². The van der Waals surface area contributed by atoms with E-state index in [0.29, 0.717) is 35.3 Å². The Balaban J connectivity index is 1.63. The quantitative estimate of drug-likeness (QED) is 0.324. The van der Waals surface area contributed by atoms with Crippen LogP contribution in [0.2, 0.25) is 0 Å². The van der Waals surface area contributed by atoms with Crippen molar-refractivity contribution in [2.75, 3.05) is 11.9 Å². The van der Waals surface area contributed by atoms with Gasteiger partial charge in [-0.15, -0.1) is 11.8 Å². The molecule has 2 aromatic carbocycles. The third-order valence-electron chi connectivity index (χ3n) is 3.92. The lowest BCUT2D eigenvalue weighted by molar-refractivity contribution is -0.137. The number of nitrogens with one attached hydrogen (secondary N) is 1. The molecule has 0 aliphatic carbocycles. The number of benzene rings is 2. The van der Waals surface area contributed by atoms with E-state index in [2.05, 4.69) is 15.5 Å². The minimum Gasteiger partial charge on any atom is -0.463 e. The molecule has 0 aliphatic heterocycles. The lowest BCUT2D eigenvalue weighted by Gasteiger charge is -2.09. The molecule has 0 aliphatic rings. The number of esters is 1. The number of carbonyl (C=O) groups is 2. The number of rotatable bonds is 8. The van der Waals surface area contributed by atoms with Crippen LogP contribution in [0, 0.1) is 6.92 Å². The molecule has 0 radical (unpaired) electrons. The molecule has 154 valence electrons. The Morgan fingerprint density at radius 2 is 1.93 bits per heavy atom. The fourth-order valence-electron chi connectivity index (χ4n) is 2.55. The molecule has 0 atom stereocenters. The maximum atomic E-state index is 12.8. The largest absolute Gasteiger partial charge is 0.463 e. The molecule has 0 saturated carbocycles. The highest BCUT2D eigenvalue weighted by molar-refractivity contribution is 7.98. The minimum atomic E-state index is -0.389. The second-order valence-electron chi connectivity index (χ2n) is 6.18. The van der Waals surface area contributed by atoms with E-state index in [4.69, 9.17) is 9.26 Å². The zero-order chi connectivity index (χ0) is 21.3. The molecule has 1 N–H and O–H groups in total. The highest BCUT2D eigenvalue weighted by Crippen LogP contribution is 2.26. The maximum Gasteiger partial charge on any atom is 0.330 e. The lowest BCUT2D eigenvalue weighted by atomic mass is 10.1. The van der Waals surface area contributed by atoms with Gasteiger partial charge in [-0.3, -0.25) is 4.79 Å². The molecule has 1 heterocycles. The van der Waals surface area contributed by atoms with Crippen molar-refractivity contribution in [3.63, 3.8) is 0 Å². The summed E-state index contributed by atoms with van der Waals surface area (Å²) in [6.07, 6.45) is 3.03. The van der Waals surface area contributed by atoms with Crippen LogP contribution in [0.4, 0.5) is 5.69 Å². The van der Waals surface area contributed by atoms with Gasteiger partial charge >= 0.3 is 5.97 Å². The number of carbonyl (C=O) groups excluding carboxylic acids is 2. The van der Waals surface area contributed by atoms with Crippen LogP contribution >= 0.6 is 11.8 Å². The summed E-state index contributed by atoms with van der Waals surface area (Å²) in [4.78, 5) is 29.2. The third kappa shape index (κ3) is 6.05. The van der Waals surface area contributed by atoms with Crippen LogP contribution in [-0.2, 0) is 15.3 Å². The molecule has 0 spiro atoms. The number of anilines is 1. The van der Waals surface area contributed by atoms with E-state index in [0.717, 1.165) is 10.5 Å². The van der Waals surface area contributed by atoms with E-state index >= 15 is 0 Å². The Bertz CT molecular complexity index is 1040. The number of nitrogens with zero attached hydrogens (tertiary/aromatic N) is 2. The summed E-state index contributed by atoms with van der Waals surface area (Å²) in [5.41, 5.74) is 2.04. The van der Waals surface area contributed by atoms with E-state index in [9.17, 15) is 9.59 Å². The highest BCUT2D eigenvalue weighted by atomic mass is 32.2. The van der Waals surface area contributed by atoms with Gasteiger partial charge in [-0.2, -0.15) is 4.98 Å². The first-order valence-electron chi connectivity index (χ1n) is 9.32. The smallest absolute Gasteiger partial charge is 0.330 e. The van der Waals surface area contributed by atoms with E-state index in [1.54, 1.807) is 38.1 Å². The Morgan fingerprint density at radius 3 is 2.63 bits per heavy atom. The van der Waals surface area contributed by atoms with Crippen molar-refractivity contribution in [1.82, 2.24) is 10.1 Å². The van der Waals surface area contributed by atoms with Crippen molar-refractivity contribution in [2.24, 2.45) is 0 Å². The van der Waals surface area contributed by atoms with E-state index in [-0.39, 0.29) is 11.9 Å². The van der Waals surface area contributed by atoms with Crippen molar-refractivity contribution < 1.29 is 18.8 Å². The summed E-state index contributed by atoms with van der Waals surface area (Å²) in [5.74, 6) is 0.970. The van der Waals surface area contributed by atoms with Gasteiger partial charge in [0.1, 0.15) is 0 Å². The molecular weight excluding hydrogens is 402 g/mol. The standard InChI is InChI=1S/C22H21N3O4S/c1-3-28-21(26)13-10-16-8-11-17(12-9-16)24-22(27)18-6-4-5-7-19(18)30-14-20-23-15(2)25-29-20/h4-13H,3,14H2,1-2H3,(H,24,27)/b13-10+. The van der Waals surface area contributed by atoms with Crippen molar-refractivity contribution >= 4 is 35.4 Å². The average Bonchev–Trinajstić information content (AvgIpc) is 3.17. The van der Waals surface area contributed by atoms with Crippen LogP contribution in [0.1, 0.15) is 34.6 Å². The summed E-state index contributed by atoms with van der Waals surface area (Å²) in [6, 6.07) is 14.5. The summed E-state index contributed by atoms with van der Waals surface area (Å²) in [7, 11) is 0. The first-order valence-corrected chi connectivity index (χ1v) is 10.3. The monoisotopic (exact) mass is 423 g/mol. The molecule has 0 saturated heterocycles. The molecular formula is C22H21N3O4S. The summed E-state index contributed by atoms with van der Waals surface area (Å²) in [5, 5.41) is 6.67. The van der Waals surface area contributed by atoms with E-state index < -0.39 is 0 Å². The zero-order valence-electron chi connectivity index (χ0n) is 16.6. The highest BCUT2D eigenvalue weighted by Gasteiger charge is 2.13. The molecule has 1 aromatic heterocycles. The van der Waals surface area contributed by atoms with Crippen molar-refractivity contribution in [3.8, 4) is 0 Å². The molecule has 3 rings (SSSR count). The van der Waals surface area contributed by atoms with E-state index in [1.165, 1.54) is 17.8 Å². The van der Waals surface area contributed by atoms with Crippen LogP contribution in [-0.4, -0.2) is 28.6 Å². The fraction of sp³-hybridized carbons (Fsp3) is 0.182. The number of ether oxygens (including phenoxy) is 1. The van der Waals surface area contributed by atoms with Gasteiger partial charge in [-0.05, 0) is 49.8 Å².